The molecule has 0 radical (unpaired) electrons. The van der Waals surface area contributed by atoms with Crippen molar-refractivity contribution in [2.24, 2.45) is 0 Å². The van der Waals surface area contributed by atoms with E-state index in [1.165, 1.54) is 44.3 Å². The maximum Gasteiger partial charge on any atom is 0.240 e. The highest BCUT2D eigenvalue weighted by molar-refractivity contribution is 7.99. The molecule has 1 saturated heterocycles. The van der Waals surface area contributed by atoms with Gasteiger partial charge in [0, 0.05) is 6.04 Å². The van der Waals surface area contributed by atoms with E-state index in [-0.39, 0.29) is 0 Å². The third-order valence-electron chi connectivity index (χ3n) is 3.60. The molecular weight excluding hydrogens is 234 g/mol. The SMILES string of the molecule is C1CCC(NCc2nc(C3CCCS3)no2)C1. The Balaban J connectivity index is 1.52. The van der Waals surface area contributed by atoms with Crippen LogP contribution in [-0.4, -0.2) is 21.9 Å². The van der Waals surface area contributed by atoms with Crippen LogP contribution in [0.25, 0.3) is 0 Å². The van der Waals surface area contributed by atoms with Crippen LogP contribution < -0.4 is 5.32 Å². The second-order valence-electron chi connectivity index (χ2n) is 4.91. The average Bonchev–Trinajstić information content (AvgIpc) is 3.09. The Kier molecular flexibility index (Phi) is 3.66. The molecule has 0 bridgehead atoms. The van der Waals surface area contributed by atoms with Crippen molar-refractivity contribution in [3.63, 3.8) is 0 Å². The molecule has 2 fully saturated rings. The summed E-state index contributed by atoms with van der Waals surface area (Å²) in [5.41, 5.74) is 0. The number of thioether (sulfide) groups is 1. The molecule has 1 aliphatic heterocycles. The second-order valence-corrected chi connectivity index (χ2v) is 6.22. The first-order valence-electron chi connectivity index (χ1n) is 6.59. The van der Waals surface area contributed by atoms with E-state index in [0.717, 1.165) is 18.3 Å². The summed E-state index contributed by atoms with van der Waals surface area (Å²) in [5.74, 6) is 2.88. The lowest BCUT2D eigenvalue weighted by molar-refractivity contribution is 0.352. The van der Waals surface area contributed by atoms with Gasteiger partial charge in [0.2, 0.25) is 5.89 Å². The highest BCUT2D eigenvalue weighted by atomic mass is 32.2. The smallest absolute Gasteiger partial charge is 0.240 e. The highest BCUT2D eigenvalue weighted by Crippen LogP contribution is 2.38. The first-order chi connectivity index (χ1) is 8.42. The van der Waals surface area contributed by atoms with E-state index in [9.17, 15) is 0 Å². The molecule has 4 nitrogen and oxygen atoms in total. The van der Waals surface area contributed by atoms with Gasteiger partial charge in [0.05, 0.1) is 11.8 Å². The number of nitrogens with one attached hydrogen (secondary N) is 1. The van der Waals surface area contributed by atoms with E-state index < -0.39 is 0 Å². The normalized spacial score (nSPS) is 25.8. The second kappa shape index (κ2) is 5.40. The monoisotopic (exact) mass is 253 g/mol. The van der Waals surface area contributed by atoms with Crippen LogP contribution in [-0.2, 0) is 6.54 Å². The van der Waals surface area contributed by atoms with Crippen LogP contribution in [0.2, 0.25) is 0 Å². The number of nitrogens with zero attached hydrogens (tertiary/aromatic N) is 2. The molecular formula is C12H19N3OS. The van der Waals surface area contributed by atoms with Gasteiger partial charge < -0.3 is 9.84 Å². The fourth-order valence-corrected chi connectivity index (χ4v) is 3.81. The molecule has 2 heterocycles. The van der Waals surface area contributed by atoms with Crippen LogP contribution in [0.1, 0.15) is 55.5 Å². The van der Waals surface area contributed by atoms with Crippen LogP contribution in [0.15, 0.2) is 4.52 Å². The molecule has 1 aromatic rings. The summed E-state index contributed by atoms with van der Waals surface area (Å²) in [5, 5.41) is 8.07. The summed E-state index contributed by atoms with van der Waals surface area (Å²) in [6, 6.07) is 0.659. The van der Waals surface area contributed by atoms with Crippen LogP contribution in [0.5, 0.6) is 0 Å². The molecule has 0 spiro atoms. The van der Waals surface area contributed by atoms with Crippen molar-refractivity contribution >= 4 is 11.8 Å². The molecule has 1 aromatic heterocycles. The lowest BCUT2D eigenvalue weighted by Gasteiger charge is -2.08. The van der Waals surface area contributed by atoms with E-state index in [1.54, 1.807) is 0 Å². The van der Waals surface area contributed by atoms with Gasteiger partial charge in [-0.1, -0.05) is 18.0 Å². The quantitative estimate of drug-likeness (QED) is 0.894. The molecule has 1 saturated carbocycles. The van der Waals surface area contributed by atoms with Gasteiger partial charge in [0.25, 0.3) is 0 Å². The first-order valence-corrected chi connectivity index (χ1v) is 7.64. The maximum atomic E-state index is 5.30. The molecule has 17 heavy (non-hydrogen) atoms. The van der Waals surface area contributed by atoms with Crippen molar-refractivity contribution < 1.29 is 4.52 Å². The van der Waals surface area contributed by atoms with Crippen molar-refractivity contribution in [3.8, 4) is 0 Å². The minimum absolute atomic E-state index is 0.471. The Bertz CT molecular complexity index is 356. The lowest BCUT2D eigenvalue weighted by Crippen LogP contribution is -2.25. The number of hydrogen-bond acceptors (Lipinski definition) is 5. The Morgan fingerprint density at radius 1 is 1.24 bits per heavy atom. The predicted octanol–water partition coefficient (Wildman–Crippen LogP) is 2.67. The fourth-order valence-electron chi connectivity index (χ4n) is 2.61. The molecule has 3 rings (SSSR count). The van der Waals surface area contributed by atoms with Gasteiger partial charge in [0.1, 0.15) is 0 Å². The zero-order chi connectivity index (χ0) is 11.5. The number of aromatic nitrogens is 2. The Morgan fingerprint density at radius 3 is 2.88 bits per heavy atom. The van der Waals surface area contributed by atoms with Gasteiger partial charge in [-0.3, -0.25) is 0 Å². The van der Waals surface area contributed by atoms with Crippen molar-refractivity contribution in [1.29, 1.82) is 0 Å². The predicted molar refractivity (Wildman–Crippen MR) is 67.8 cm³/mol. The van der Waals surface area contributed by atoms with Gasteiger partial charge in [-0.25, -0.2) is 0 Å². The minimum atomic E-state index is 0.471. The van der Waals surface area contributed by atoms with Crippen LogP contribution >= 0.6 is 11.8 Å². The van der Waals surface area contributed by atoms with Crippen molar-refractivity contribution in [3.05, 3.63) is 11.7 Å². The van der Waals surface area contributed by atoms with E-state index in [1.807, 2.05) is 11.8 Å². The zero-order valence-electron chi connectivity index (χ0n) is 10.0. The Hall–Kier alpha value is -0.550. The average molecular weight is 253 g/mol. The summed E-state index contributed by atoms with van der Waals surface area (Å²) in [6.07, 6.45) is 7.76. The highest BCUT2D eigenvalue weighted by Gasteiger charge is 2.23. The van der Waals surface area contributed by atoms with E-state index in [0.29, 0.717) is 11.3 Å². The molecule has 1 unspecified atom stereocenters. The van der Waals surface area contributed by atoms with E-state index >= 15 is 0 Å². The van der Waals surface area contributed by atoms with Gasteiger partial charge in [-0.05, 0) is 31.4 Å². The summed E-state index contributed by atoms with van der Waals surface area (Å²) < 4.78 is 5.30. The van der Waals surface area contributed by atoms with Crippen molar-refractivity contribution in [2.45, 2.75) is 56.4 Å². The number of rotatable bonds is 4. The Morgan fingerprint density at radius 2 is 2.12 bits per heavy atom. The van der Waals surface area contributed by atoms with Gasteiger partial charge in [-0.15, -0.1) is 0 Å². The molecule has 5 heteroatoms. The minimum Gasteiger partial charge on any atom is -0.338 e. The summed E-state index contributed by atoms with van der Waals surface area (Å²) in [6.45, 7) is 0.731. The lowest BCUT2D eigenvalue weighted by atomic mass is 10.2. The molecule has 1 N–H and O–H groups in total. The molecule has 2 aliphatic rings. The number of hydrogen-bond donors (Lipinski definition) is 1. The zero-order valence-corrected chi connectivity index (χ0v) is 10.8. The van der Waals surface area contributed by atoms with Gasteiger partial charge in [0.15, 0.2) is 5.82 Å². The maximum absolute atomic E-state index is 5.30. The van der Waals surface area contributed by atoms with E-state index in [4.69, 9.17) is 4.52 Å². The van der Waals surface area contributed by atoms with Crippen LogP contribution in [0, 0.1) is 0 Å². The summed E-state index contributed by atoms with van der Waals surface area (Å²) in [7, 11) is 0. The summed E-state index contributed by atoms with van der Waals surface area (Å²) >= 11 is 1.95. The third-order valence-corrected chi connectivity index (χ3v) is 4.97. The first kappa shape index (κ1) is 11.5. The largest absolute Gasteiger partial charge is 0.338 e. The molecule has 94 valence electrons. The molecule has 0 aromatic carbocycles. The standard InChI is InChI=1S/C12H19N3OS/c1-2-5-9(4-1)13-8-11-14-12(15-16-11)10-6-3-7-17-10/h9-10,13H,1-8H2. The topological polar surface area (TPSA) is 51.0 Å². The van der Waals surface area contributed by atoms with Crippen molar-refractivity contribution in [2.75, 3.05) is 5.75 Å². The molecule has 0 amide bonds. The van der Waals surface area contributed by atoms with Gasteiger partial charge in [-0.2, -0.15) is 16.7 Å². The van der Waals surface area contributed by atoms with Crippen molar-refractivity contribution in [1.82, 2.24) is 15.5 Å². The van der Waals surface area contributed by atoms with Crippen LogP contribution in [0.4, 0.5) is 0 Å². The summed E-state index contributed by atoms with van der Waals surface area (Å²) in [4.78, 5) is 4.49. The third kappa shape index (κ3) is 2.83. The van der Waals surface area contributed by atoms with Gasteiger partial charge >= 0.3 is 0 Å². The molecule has 1 aliphatic carbocycles. The Labute approximate surface area is 106 Å². The fraction of sp³-hybridized carbons (Fsp3) is 0.833. The van der Waals surface area contributed by atoms with E-state index in [2.05, 4.69) is 15.5 Å². The van der Waals surface area contributed by atoms with Crippen LogP contribution in [0.3, 0.4) is 0 Å². The molecule has 1 atom stereocenters.